The van der Waals surface area contributed by atoms with Gasteiger partial charge in [-0.1, -0.05) is 152 Å². The predicted molar refractivity (Wildman–Crippen MR) is 233 cm³/mol. The molecule has 0 spiro atoms. The molecule has 0 saturated heterocycles. The van der Waals surface area contributed by atoms with Crippen molar-refractivity contribution < 1.29 is 4.42 Å². The minimum Gasteiger partial charge on any atom is -0.454 e. The van der Waals surface area contributed by atoms with Crippen LogP contribution >= 0.6 is 0 Å². The van der Waals surface area contributed by atoms with Gasteiger partial charge < -0.3 is 9.32 Å². The molecule has 0 saturated carbocycles. The van der Waals surface area contributed by atoms with Crippen molar-refractivity contribution in [3.63, 3.8) is 0 Å². The first-order valence-corrected chi connectivity index (χ1v) is 18.9. The van der Waals surface area contributed by atoms with Crippen LogP contribution in [0.25, 0.3) is 88.2 Å². The molecule has 4 heteroatoms. The summed E-state index contributed by atoms with van der Waals surface area (Å²) < 4.78 is 6.85. The van der Waals surface area contributed by atoms with Gasteiger partial charge >= 0.3 is 0 Å². The van der Waals surface area contributed by atoms with E-state index in [1.165, 1.54) is 10.8 Å². The monoisotopic (exact) mass is 715 g/mol. The predicted octanol–water partition coefficient (Wildman–Crippen LogP) is 14.3. The van der Waals surface area contributed by atoms with Crippen molar-refractivity contribution in [3.8, 4) is 33.6 Å². The lowest BCUT2D eigenvalue weighted by Crippen LogP contribution is -2.10. The zero-order chi connectivity index (χ0) is 37.0. The Bertz CT molecular complexity index is 3250. The standard InChI is InChI=1S/C52H33N3O/c1-4-15-35(16-5-1)49-50(36-17-6-2-7-18-36)54-51-43-28-25-38(32-39(43)26-30-45(51)53-49)42-29-31-46(52-48(42)44-22-12-13-23-47(44)56-52)55(40-20-8-3-9-21-40)41-27-24-34-14-10-11-19-37(34)33-41/h1-33H. The fourth-order valence-corrected chi connectivity index (χ4v) is 8.16. The van der Waals surface area contributed by atoms with Gasteiger partial charge in [-0.05, 0) is 75.8 Å². The highest BCUT2D eigenvalue weighted by atomic mass is 16.3. The van der Waals surface area contributed by atoms with Gasteiger partial charge in [0.05, 0.1) is 28.1 Å². The first kappa shape index (κ1) is 31.9. The first-order chi connectivity index (χ1) is 27.8. The van der Waals surface area contributed by atoms with Crippen LogP contribution in [0.2, 0.25) is 0 Å². The van der Waals surface area contributed by atoms with Gasteiger partial charge in [0.2, 0.25) is 0 Å². The maximum absolute atomic E-state index is 6.85. The molecular weight excluding hydrogens is 683 g/mol. The molecule has 0 unspecified atom stereocenters. The van der Waals surface area contributed by atoms with Crippen LogP contribution < -0.4 is 4.90 Å². The summed E-state index contributed by atoms with van der Waals surface area (Å²) >= 11 is 0. The lowest BCUT2D eigenvalue weighted by Gasteiger charge is -2.26. The van der Waals surface area contributed by atoms with Crippen LogP contribution in [0.3, 0.4) is 0 Å². The summed E-state index contributed by atoms with van der Waals surface area (Å²) in [6.45, 7) is 0. The van der Waals surface area contributed by atoms with Gasteiger partial charge in [0.15, 0.2) is 5.58 Å². The summed E-state index contributed by atoms with van der Waals surface area (Å²) in [4.78, 5) is 12.9. The van der Waals surface area contributed by atoms with Crippen LogP contribution in [0.1, 0.15) is 0 Å². The van der Waals surface area contributed by atoms with E-state index in [1.807, 2.05) is 30.3 Å². The number of benzene rings is 9. The smallest absolute Gasteiger partial charge is 0.160 e. The minimum absolute atomic E-state index is 0.839. The zero-order valence-corrected chi connectivity index (χ0v) is 30.3. The number of aromatic nitrogens is 2. The Hall–Kier alpha value is -7.56. The van der Waals surface area contributed by atoms with Crippen LogP contribution in [0, 0.1) is 0 Å². The van der Waals surface area contributed by atoms with Crippen LogP contribution in [0.5, 0.6) is 0 Å². The first-order valence-electron chi connectivity index (χ1n) is 18.9. The number of anilines is 3. The average molecular weight is 716 g/mol. The number of furan rings is 1. The summed E-state index contributed by atoms with van der Waals surface area (Å²) in [6, 6.07) is 70.1. The van der Waals surface area contributed by atoms with Gasteiger partial charge in [0.1, 0.15) is 5.58 Å². The molecular formula is C52H33N3O. The highest BCUT2D eigenvalue weighted by Gasteiger charge is 2.23. The third kappa shape index (κ3) is 5.31. The van der Waals surface area contributed by atoms with E-state index >= 15 is 0 Å². The molecule has 11 rings (SSSR count). The summed E-state index contributed by atoms with van der Waals surface area (Å²) in [5.41, 5.74) is 12.6. The number of hydrogen-bond donors (Lipinski definition) is 0. The second-order valence-corrected chi connectivity index (χ2v) is 14.2. The fraction of sp³-hybridized carbons (Fsp3) is 0. The van der Waals surface area contributed by atoms with Crippen molar-refractivity contribution in [1.82, 2.24) is 9.97 Å². The second kappa shape index (κ2) is 13.1. The molecule has 2 aromatic heterocycles. The van der Waals surface area contributed by atoms with Crippen molar-refractivity contribution in [3.05, 3.63) is 200 Å². The Labute approximate surface area is 323 Å². The van der Waals surface area contributed by atoms with E-state index in [0.29, 0.717) is 0 Å². The van der Waals surface area contributed by atoms with Gasteiger partial charge in [-0.25, -0.2) is 9.97 Å². The van der Waals surface area contributed by atoms with E-state index in [1.54, 1.807) is 0 Å². The summed E-state index contributed by atoms with van der Waals surface area (Å²) in [6.07, 6.45) is 0. The third-order valence-electron chi connectivity index (χ3n) is 10.8. The number of rotatable bonds is 6. The van der Waals surface area contributed by atoms with Crippen molar-refractivity contribution in [2.75, 3.05) is 4.90 Å². The third-order valence-corrected chi connectivity index (χ3v) is 10.8. The van der Waals surface area contributed by atoms with Crippen molar-refractivity contribution in [1.29, 1.82) is 0 Å². The summed E-state index contributed by atoms with van der Waals surface area (Å²) in [5, 5.41) is 6.71. The molecule has 2 heterocycles. The van der Waals surface area contributed by atoms with Gasteiger partial charge in [-0.3, -0.25) is 0 Å². The number of fused-ring (bicyclic) bond motifs is 7. The summed E-state index contributed by atoms with van der Waals surface area (Å²) in [5.74, 6) is 0. The normalized spacial score (nSPS) is 11.6. The molecule has 262 valence electrons. The van der Waals surface area contributed by atoms with Crippen molar-refractivity contribution in [2.45, 2.75) is 0 Å². The topological polar surface area (TPSA) is 42.2 Å². The lowest BCUT2D eigenvalue weighted by atomic mass is 9.95. The lowest BCUT2D eigenvalue weighted by molar-refractivity contribution is 0.669. The zero-order valence-electron chi connectivity index (χ0n) is 30.3. The molecule has 0 N–H and O–H groups in total. The minimum atomic E-state index is 0.839. The second-order valence-electron chi connectivity index (χ2n) is 14.2. The van der Waals surface area contributed by atoms with Crippen LogP contribution in [0.4, 0.5) is 17.1 Å². The molecule has 56 heavy (non-hydrogen) atoms. The van der Waals surface area contributed by atoms with Crippen molar-refractivity contribution in [2.24, 2.45) is 0 Å². The van der Waals surface area contributed by atoms with Crippen molar-refractivity contribution >= 4 is 71.6 Å². The Morgan fingerprint density at radius 2 is 1.07 bits per heavy atom. The highest BCUT2D eigenvalue weighted by Crippen LogP contribution is 2.46. The SMILES string of the molecule is c1ccc(-c2nc3ccc4cc(-c5ccc(N(c6ccccc6)c6ccc7ccccc7c6)c6oc7ccccc7c56)ccc4c3nc2-c2ccccc2)cc1. The maximum atomic E-state index is 6.85. The molecule has 9 aromatic carbocycles. The molecule has 0 radical (unpaired) electrons. The fourth-order valence-electron chi connectivity index (χ4n) is 8.16. The van der Waals surface area contributed by atoms with E-state index in [4.69, 9.17) is 14.4 Å². The average Bonchev–Trinajstić information content (AvgIpc) is 3.67. The van der Waals surface area contributed by atoms with Crippen LogP contribution in [0.15, 0.2) is 205 Å². The van der Waals surface area contributed by atoms with E-state index in [0.717, 1.165) is 94.4 Å². The van der Waals surface area contributed by atoms with Gasteiger partial charge in [0.25, 0.3) is 0 Å². The molecule has 11 aromatic rings. The molecule has 0 aliphatic heterocycles. The molecule has 4 nitrogen and oxygen atoms in total. The number of nitrogens with zero attached hydrogens (tertiary/aromatic N) is 3. The number of hydrogen-bond acceptors (Lipinski definition) is 4. The van der Waals surface area contributed by atoms with E-state index in [-0.39, 0.29) is 0 Å². The van der Waals surface area contributed by atoms with Gasteiger partial charge in [-0.2, -0.15) is 0 Å². The Kier molecular flexibility index (Phi) is 7.46. The quantitative estimate of drug-likeness (QED) is 0.161. The summed E-state index contributed by atoms with van der Waals surface area (Å²) in [7, 11) is 0. The van der Waals surface area contributed by atoms with E-state index in [2.05, 4.69) is 175 Å². The van der Waals surface area contributed by atoms with Crippen LogP contribution in [-0.4, -0.2) is 9.97 Å². The molecule has 0 amide bonds. The molecule has 0 atom stereocenters. The van der Waals surface area contributed by atoms with Crippen LogP contribution in [-0.2, 0) is 0 Å². The van der Waals surface area contributed by atoms with Gasteiger partial charge in [0, 0.05) is 38.7 Å². The Morgan fingerprint density at radius 3 is 1.86 bits per heavy atom. The Morgan fingerprint density at radius 1 is 0.411 bits per heavy atom. The molecule has 0 aliphatic carbocycles. The Balaban J connectivity index is 1.11. The maximum Gasteiger partial charge on any atom is 0.160 e. The molecule has 0 bridgehead atoms. The van der Waals surface area contributed by atoms with E-state index < -0.39 is 0 Å². The largest absolute Gasteiger partial charge is 0.454 e. The molecule has 0 fully saturated rings. The van der Waals surface area contributed by atoms with E-state index in [9.17, 15) is 0 Å². The number of para-hydroxylation sites is 2. The van der Waals surface area contributed by atoms with Gasteiger partial charge in [-0.15, -0.1) is 0 Å². The molecule has 0 aliphatic rings. The highest BCUT2D eigenvalue weighted by molar-refractivity contribution is 6.18.